The number of rotatable bonds is 6. The maximum atomic E-state index is 4.28. The Labute approximate surface area is 136 Å². The summed E-state index contributed by atoms with van der Waals surface area (Å²) in [5.74, 6) is 0.627. The van der Waals surface area contributed by atoms with Gasteiger partial charge < -0.3 is 5.32 Å². The average molecular weight is 316 g/mol. The number of nitrogens with one attached hydrogen (secondary N) is 1. The van der Waals surface area contributed by atoms with Crippen molar-refractivity contribution < 1.29 is 0 Å². The van der Waals surface area contributed by atoms with Crippen LogP contribution in [0.1, 0.15) is 30.8 Å². The van der Waals surface area contributed by atoms with Crippen molar-refractivity contribution in [1.29, 1.82) is 0 Å². The third-order valence-corrected chi connectivity index (χ3v) is 5.09. The third-order valence-electron chi connectivity index (χ3n) is 4.18. The Morgan fingerprint density at radius 2 is 2.05 bits per heavy atom. The van der Waals surface area contributed by atoms with Crippen molar-refractivity contribution in [2.24, 2.45) is 5.92 Å². The Morgan fingerprint density at radius 3 is 2.82 bits per heavy atom. The van der Waals surface area contributed by atoms with E-state index in [2.05, 4.69) is 64.6 Å². The molecule has 1 aromatic carbocycles. The van der Waals surface area contributed by atoms with Crippen LogP contribution in [0.15, 0.2) is 30.3 Å². The predicted octanol–water partition coefficient (Wildman–Crippen LogP) is 3.42. The first kappa shape index (κ1) is 15.4. The summed E-state index contributed by atoms with van der Waals surface area (Å²) < 4.78 is 0. The number of anilines is 1. The van der Waals surface area contributed by atoms with Crippen LogP contribution in [0.3, 0.4) is 0 Å². The lowest BCUT2D eigenvalue weighted by molar-refractivity contribution is 0.319. The molecule has 2 heterocycles. The van der Waals surface area contributed by atoms with Crippen LogP contribution >= 0.6 is 11.3 Å². The van der Waals surface area contributed by atoms with Crippen molar-refractivity contribution in [3.05, 3.63) is 40.9 Å². The molecule has 2 unspecified atom stereocenters. The van der Waals surface area contributed by atoms with Crippen LogP contribution in [-0.2, 0) is 13.0 Å². The molecule has 1 N–H and O–H groups in total. The number of likely N-dealkylation sites (tertiary alicyclic amines) is 1. The lowest BCUT2D eigenvalue weighted by Gasteiger charge is -2.16. The second-order valence-electron chi connectivity index (χ2n) is 6.16. The van der Waals surface area contributed by atoms with Crippen molar-refractivity contribution in [2.75, 3.05) is 18.4 Å². The van der Waals surface area contributed by atoms with Crippen LogP contribution in [0.25, 0.3) is 0 Å². The van der Waals surface area contributed by atoms with E-state index in [9.17, 15) is 0 Å². The van der Waals surface area contributed by atoms with Crippen molar-refractivity contribution >= 4 is 16.5 Å². The second-order valence-corrected chi connectivity index (χ2v) is 7.22. The fraction of sp³-hybridized carbons (Fsp3) is 0.529. The van der Waals surface area contributed by atoms with E-state index in [0.717, 1.165) is 42.6 Å². The third kappa shape index (κ3) is 3.84. The van der Waals surface area contributed by atoms with Crippen molar-refractivity contribution in [3.63, 3.8) is 0 Å². The highest BCUT2D eigenvalue weighted by Crippen LogP contribution is 2.24. The fourth-order valence-corrected chi connectivity index (χ4v) is 3.91. The van der Waals surface area contributed by atoms with Gasteiger partial charge in [-0.05, 0) is 17.9 Å². The van der Waals surface area contributed by atoms with Gasteiger partial charge in [-0.3, -0.25) is 4.90 Å². The molecule has 1 aliphatic rings. The van der Waals surface area contributed by atoms with E-state index in [1.165, 1.54) is 5.56 Å². The summed E-state index contributed by atoms with van der Waals surface area (Å²) in [6, 6.07) is 11.2. The second kappa shape index (κ2) is 7.20. The van der Waals surface area contributed by atoms with Crippen LogP contribution in [0.2, 0.25) is 0 Å². The van der Waals surface area contributed by atoms with Gasteiger partial charge in [-0.2, -0.15) is 0 Å². The summed E-state index contributed by atoms with van der Waals surface area (Å²) in [5.41, 5.74) is 1.39. The lowest BCUT2D eigenvalue weighted by Crippen LogP contribution is -2.27. The van der Waals surface area contributed by atoms with Crippen LogP contribution in [0.5, 0.6) is 0 Å². The van der Waals surface area contributed by atoms with Gasteiger partial charge in [0.05, 0.1) is 0 Å². The van der Waals surface area contributed by atoms with Gasteiger partial charge in [0, 0.05) is 32.1 Å². The highest BCUT2D eigenvalue weighted by atomic mass is 32.1. The molecule has 118 valence electrons. The zero-order valence-electron chi connectivity index (χ0n) is 13.3. The first-order valence-corrected chi connectivity index (χ1v) is 8.91. The number of hydrogen-bond acceptors (Lipinski definition) is 5. The van der Waals surface area contributed by atoms with Crippen molar-refractivity contribution in [3.8, 4) is 0 Å². The van der Waals surface area contributed by atoms with E-state index in [0.29, 0.717) is 12.0 Å². The maximum Gasteiger partial charge on any atom is 0.205 e. The van der Waals surface area contributed by atoms with E-state index in [1.54, 1.807) is 11.3 Å². The van der Waals surface area contributed by atoms with Crippen LogP contribution in [0.4, 0.5) is 5.13 Å². The molecule has 2 aromatic rings. The molecule has 1 aliphatic heterocycles. The summed E-state index contributed by atoms with van der Waals surface area (Å²) >= 11 is 1.70. The van der Waals surface area contributed by atoms with Crippen LogP contribution in [0, 0.1) is 5.92 Å². The van der Waals surface area contributed by atoms with Gasteiger partial charge in [-0.15, -0.1) is 10.2 Å². The number of aryl methyl sites for hydroxylation is 1. The molecule has 3 rings (SSSR count). The van der Waals surface area contributed by atoms with Crippen LogP contribution in [-0.4, -0.2) is 34.2 Å². The molecular formula is C17H24N4S. The minimum atomic E-state index is 0.464. The fourth-order valence-electron chi connectivity index (χ4n) is 3.01. The first-order chi connectivity index (χ1) is 10.7. The molecule has 0 aliphatic carbocycles. The van der Waals surface area contributed by atoms with Gasteiger partial charge in [-0.25, -0.2) is 0 Å². The predicted molar refractivity (Wildman–Crippen MR) is 92.2 cm³/mol. The largest absolute Gasteiger partial charge is 0.356 e. The molecule has 0 spiro atoms. The van der Waals surface area contributed by atoms with E-state index < -0.39 is 0 Å². The SMILES string of the molecule is CCCc1nnc(NC2CN(Cc3ccccc3)CC2C)s1. The van der Waals surface area contributed by atoms with Gasteiger partial charge in [0.15, 0.2) is 0 Å². The molecule has 4 nitrogen and oxygen atoms in total. The molecule has 1 saturated heterocycles. The Bertz CT molecular complexity index is 583. The molecular weight excluding hydrogens is 292 g/mol. The van der Waals surface area contributed by atoms with Crippen molar-refractivity contribution in [2.45, 2.75) is 39.3 Å². The number of nitrogens with zero attached hydrogens (tertiary/aromatic N) is 3. The zero-order valence-corrected chi connectivity index (χ0v) is 14.1. The summed E-state index contributed by atoms with van der Waals surface area (Å²) in [5, 5.41) is 14.2. The van der Waals surface area contributed by atoms with Crippen molar-refractivity contribution in [1.82, 2.24) is 15.1 Å². The van der Waals surface area contributed by atoms with E-state index in [-0.39, 0.29) is 0 Å². The maximum absolute atomic E-state index is 4.28. The normalized spacial score (nSPS) is 22.1. The summed E-state index contributed by atoms with van der Waals surface area (Å²) in [4.78, 5) is 2.52. The minimum absolute atomic E-state index is 0.464. The highest BCUT2D eigenvalue weighted by molar-refractivity contribution is 7.15. The molecule has 0 amide bonds. The smallest absolute Gasteiger partial charge is 0.205 e. The molecule has 1 aromatic heterocycles. The highest BCUT2D eigenvalue weighted by Gasteiger charge is 2.30. The monoisotopic (exact) mass is 316 g/mol. The average Bonchev–Trinajstić information content (AvgIpc) is 3.08. The number of aromatic nitrogens is 2. The topological polar surface area (TPSA) is 41.1 Å². The van der Waals surface area contributed by atoms with Gasteiger partial charge >= 0.3 is 0 Å². The van der Waals surface area contributed by atoms with Gasteiger partial charge in [-0.1, -0.05) is 55.5 Å². The molecule has 0 radical (unpaired) electrons. The Kier molecular flexibility index (Phi) is 5.05. The molecule has 0 bridgehead atoms. The minimum Gasteiger partial charge on any atom is -0.356 e. The summed E-state index contributed by atoms with van der Waals surface area (Å²) in [6.45, 7) is 7.72. The molecule has 1 fully saturated rings. The zero-order chi connectivity index (χ0) is 15.4. The number of hydrogen-bond donors (Lipinski definition) is 1. The van der Waals surface area contributed by atoms with Gasteiger partial charge in [0.25, 0.3) is 0 Å². The van der Waals surface area contributed by atoms with Gasteiger partial charge in [0.2, 0.25) is 5.13 Å². The Balaban J connectivity index is 1.56. The molecule has 5 heteroatoms. The summed E-state index contributed by atoms with van der Waals surface area (Å²) in [6.07, 6.45) is 2.15. The standard InChI is InChI=1S/C17H24N4S/c1-3-7-16-19-20-17(22-16)18-15-12-21(10-13(15)2)11-14-8-5-4-6-9-14/h4-6,8-9,13,15H,3,7,10-12H2,1-2H3,(H,18,20). The molecule has 2 atom stereocenters. The Hall–Kier alpha value is -1.46. The molecule has 22 heavy (non-hydrogen) atoms. The number of benzene rings is 1. The molecule has 0 saturated carbocycles. The van der Waals surface area contributed by atoms with Gasteiger partial charge in [0.1, 0.15) is 5.01 Å². The van der Waals surface area contributed by atoms with E-state index in [4.69, 9.17) is 0 Å². The van der Waals surface area contributed by atoms with E-state index >= 15 is 0 Å². The quantitative estimate of drug-likeness (QED) is 0.886. The van der Waals surface area contributed by atoms with E-state index in [1.807, 2.05) is 0 Å². The summed E-state index contributed by atoms with van der Waals surface area (Å²) in [7, 11) is 0. The Morgan fingerprint density at radius 1 is 1.23 bits per heavy atom. The van der Waals surface area contributed by atoms with Crippen LogP contribution < -0.4 is 5.32 Å². The lowest BCUT2D eigenvalue weighted by atomic mass is 10.1. The first-order valence-electron chi connectivity index (χ1n) is 8.09.